The van der Waals surface area contributed by atoms with Crippen LogP contribution in [0.5, 0.6) is 0 Å². The Kier molecular flexibility index (Phi) is 13.0. The number of hydrogen-bond acceptors (Lipinski definition) is 3. The molecular weight excluding hydrogens is 248 g/mol. The Morgan fingerprint density at radius 3 is 1.41 bits per heavy atom. The van der Waals surface area contributed by atoms with Crippen LogP contribution in [-0.4, -0.2) is 31.8 Å². The molecule has 0 saturated carbocycles. The van der Waals surface area contributed by atoms with Crippen LogP contribution in [0.1, 0.15) is 53.4 Å². The van der Waals surface area contributed by atoms with Gasteiger partial charge in [0.2, 0.25) is 0 Å². The zero-order valence-corrected chi connectivity index (χ0v) is 13.9. The van der Waals surface area contributed by atoms with Crippen molar-refractivity contribution in [3.05, 3.63) is 0 Å². The summed E-state index contributed by atoms with van der Waals surface area (Å²) in [6.07, 6.45) is 4.61. The molecule has 0 amide bonds. The van der Waals surface area contributed by atoms with E-state index in [9.17, 15) is 0 Å². The molecule has 0 aromatic carbocycles. The van der Waals surface area contributed by atoms with Crippen LogP contribution in [0.15, 0.2) is 0 Å². The zero-order chi connectivity index (χ0) is 12.9. The van der Waals surface area contributed by atoms with Crippen molar-refractivity contribution in [1.82, 2.24) is 0 Å². The van der Waals surface area contributed by atoms with E-state index in [2.05, 4.69) is 27.7 Å². The van der Waals surface area contributed by atoms with Crippen LogP contribution < -0.4 is 0 Å². The first-order chi connectivity index (χ1) is 8.28. The fourth-order valence-corrected chi connectivity index (χ4v) is 4.99. The summed E-state index contributed by atoms with van der Waals surface area (Å²) in [4.78, 5) is 0. The molecule has 0 aromatic rings. The molecule has 0 aliphatic carbocycles. The van der Waals surface area contributed by atoms with Crippen LogP contribution >= 0.6 is 0 Å². The predicted octanol–water partition coefficient (Wildman–Crippen LogP) is 3.65. The minimum atomic E-state index is -1.08. The number of rotatable bonds is 12. The minimum Gasteiger partial charge on any atom is -0.413 e. The Bertz CT molecular complexity index is 143. The van der Waals surface area contributed by atoms with E-state index in [1.807, 2.05) is 0 Å². The first kappa shape index (κ1) is 17.3. The van der Waals surface area contributed by atoms with Crippen LogP contribution in [0.3, 0.4) is 0 Å². The molecule has 0 N–H and O–H groups in total. The molecule has 0 aromatic heterocycles. The van der Waals surface area contributed by atoms with Crippen molar-refractivity contribution in [2.75, 3.05) is 13.2 Å². The van der Waals surface area contributed by atoms with Crippen LogP contribution in [0, 0.1) is 0 Å². The quantitative estimate of drug-likeness (QED) is 0.402. The highest BCUT2D eigenvalue weighted by Crippen LogP contribution is 2.06. The van der Waals surface area contributed by atoms with Gasteiger partial charge in [0.25, 0.3) is 0 Å². The summed E-state index contributed by atoms with van der Waals surface area (Å²) in [5, 5.41) is 0. The van der Waals surface area contributed by atoms with Gasteiger partial charge in [-0.2, -0.15) is 0 Å². The normalized spacial score (nSPS) is 11.6. The van der Waals surface area contributed by atoms with Gasteiger partial charge in [-0.3, -0.25) is 0 Å². The molecule has 102 valence electrons. The summed E-state index contributed by atoms with van der Waals surface area (Å²) < 4.78 is 17.6. The largest absolute Gasteiger partial charge is 0.413 e. The molecule has 0 atom stereocenters. The summed E-state index contributed by atoms with van der Waals surface area (Å²) in [5.74, 6) is 0. The molecule has 3 nitrogen and oxygen atoms in total. The van der Waals surface area contributed by atoms with Gasteiger partial charge >= 0.3 is 18.6 Å². The standard InChI is InChI=1S/C12H28O3Si2/c1-5-9-11-13-16(7-3)15-17(8-4)14-12-10-6-2/h5-12H2,1-4H3. The average Bonchev–Trinajstić information content (AvgIpc) is 2.36. The molecule has 5 heteroatoms. The van der Waals surface area contributed by atoms with Crippen molar-refractivity contribution in [2.24, 2.45) is 0 Å². The van der Waals surface area contributed by atoms with Crippen molar-refractivity contribution >= 4 is 18.6 Å². The summed E-state index contributed by atoms with van der Waals surface area (Å²) >= 11 is 0. The van der Waals surface area contributed by atoms with Crippen molar-refractivity contribution in [1.29, 1.82) is 0 Å². The van der Waals surface area contributed by atoms with Gasteiger partial charge in [0.15, 0.2) is 0 Å². The molecule has 0 spiro atoms. The van der Waals surface area contributed by atoms with Gasteiger partial charge < -0.3 is 13.0 Å². The second-order valence-electron chi connectivity index (χ2n) is 3.96. The first-order valence-electron chi connectivity index (χ1n) is 6.93. The molecule has 0 fully saturated rings. The Morgan fingerprint density at radius 1 is 0.706 bits per heavy atom. The van der Waals surface area contributed by atoms with Crippen LogP contribution in [0.2, 0.25) is 12.1 Å². The third kappa shape index (κ3) is 9.97. The summed E-state index contributed by atoms with van der Waals surface area (Å²) in [6, 6.07) is 2.00. The van der Waals surface area contributed by atoms with E-state index >= 15 is 0 Å². The van der Waals surface area contributed by atoms with E-state index in [1.165, 1.54) is 12.8 Å². The minimum absolute atomic E-state index is 0.840. The fraction of sp³-hybridized carbons (Fsp3) is 1.00. The lowest BCUT2D eigenvalue weighted by atomic mass is 10.4. The summed E-state index contributed by atoms with van der Waals surface area (Å²) in [5.41, 5.74) is 0. The Balaban J connectivity index is 3.77. The van der Waals surface area contributed by atoms with E-state index in [-0.39, 0.29) is 0 Å². The number of unbranched alkanes of at least 4 members (excludes halogenated alkanes) is 2. The fourth-order valence-electron chi connectivity index (χ4n) is 1.20. The molecule has 0 aliphatic rings. The maximum atomic E-state index is 6.00. The van der Waals surface area contributed by atoms with E-state index in [1.54, 1.807) is 0 Å². The smallest absolute Gasteiger partial charge is 0.374 e. The van der Waals surface area contributed by atoms with Gasteiger partial charge in [-0.25, -0.2) is 0 Å². The zero-order valence-electron chi connectivity index (χ0n) is 11.9. The van der Waals surface area contributed by atoms with Gasteiger partial charge in [0, 0.05) is 13.2 Å². The molecule has 0 heterocycles. The highest BCUT2D eigenvalue weighted by atomic mass is 28.4. The van der Waals surface area contributed by atoms with Gasteiger partial charge in [-0.15, -0.1) is 0 Å². The molecule has 2 radical (unpaired) electrons. The first-order valence-corrected chi connectivity index (χ1v) is 9.98. The van der Waals surface area contributed by atoms with Crippen LogP contribution in [-0.2, 0) is 13.0 Å². The van der Waals surface area contributed by atoms with Crippen molar-refractivity contribution in [3.8, 4) is 0 Å². The van der Waals surface area contributed by atoms with Gasteiger partial charge in [0.1, 0.15) is 0 Å². The lowest BCUT2D eigenvalue weighted by molar-refractivity contribution is 0.215. The van der Waals surface area contributed by atoms with Crippen LogP contribution in [0.25, 0.3) is 0 Å². The second kappa shape index (κ2) is 12.8. The molecule has 0 saturated heterocycles. The van der Waals surface area contributed by atoms with Crippen molar-refractivity contribution < 1.29 is 13.0 Å². The average molecular weight is 277 g/mol. The Morgan fingerprint density at radius 2 is 1.12 bits per heavy atom. The van der Waals surface area contributed by atoms with E-state index < -0.39 is 18.6 Å². The topological polar surface area (TPSA) is 27.7 Å². The summed E-state index contributed by atoms with van der Waals surface area (Å²) in [7, 11) is -2.17. The van der Waals surface area contributed by atoms with E-state index in [4.69, 9.17) is 13.0 Å². The van der Waals surface area contributed by atoms with Crippen LogP contribution in [0.4, 0.5) is 0 Å². The van der Waals surface area contributed by atoms with Gasteiger partial charge in [-0.1, -0.05) is 40.5 Å². The molecule has 17 heavy (non-hydrogen) atoms. The van der Waals surface area contributed by atoms with E-state index in [0.717, 1.165) is 38.1 Å². The maximum absolute atomic E-state index is 6.00. The third-order valence-electron chi connectivity index (χ3n) is 2.33. The Labute approximate surface area is 111 Å². The molecular formula is C12H28O3Si2. The highest BCUT2D eigenvalue weighted by Gasteiger charge is 2.22. The lowest BCUT2D eigenvalue weighted by Crippen LogP contribution is -2.33. The molecule has 0 bridgehead atoms. The molecule has 0 aliphatic heterocycles. The molecule has 0 unspecified atom stereocenters. The SMILES string of the molecule is CCCCO[Si](CC)O[Si](CC)OCCCC. The van der Waals surface area contributed by atoms with Crippen molar-refractivity contribution in [3.63, 3.8) is 0 Å². The number of hydrogen-bond donors (Lipinski definition) is 0. The highest BCUT2D eigenvalue weighted by molar-refractivity contribution is 6.59. The van der Waals surface area contributed by atoms with Gasteiger partial charge in [0.05, 0.1) is 0 Å². The van der Waals surface area contributed by atoms with E-state index in [0.29, 0.717) is 0 Å². The van der Waals surface area contributed by atoms with Crippen molar-refractivity contribution in [2.45, 2.75) is 65.5 Å². The molecule has 0 rings (SSSR count). The third-order valence-corrected chi connectivity index (χ3v) is 6.36. The second-order valence-corrected chi connectivity index (χ2v) is 8.25. The maximum Gasteiger partial charge on any atom is 0.374 e. The predicted molar refractivity (Wildman–Crippen MR) is 75.3 cm³/mol. The Hall–Kier alpha value is 0.314. The monoisotopic (exact) mass is 276 g/mol. The van der Waals surface area contributed by atoms with Gasteiger partial charge in [-0.05, 0) is 24.9 Å². The summed E-state index contributed by atoms with van der Waals surface area (Å²) in [6.45, 7) is 10.3. The lowest BCUT2D eigenvalue weighted by Gasteiger charge is -2.19.